The number of benzene rings is 1. The lowest BCUT2D eigenvalue weighted by molar-refractivity contribution is -0.138. The number of aliphatic carboxylic acids is 1. The predicted molar refractivity (Wildman–Crippen MR) is 84.8 cm³/mol. The van der Waals surface area contributed by atoms with Gasteiger partial charge in [-0.2, -0.15) is 0 Å². The van der Waals surface area contributed by atoms with Crippen molar-refractivity contribution in [2.75, 3.05) is 0 Å². The average Bonchev–Trinajstić information content (AvgIpc) is 2.26. The maximum atomic E-state index is 12.3. The van der Waals surface area contributed by atoms with E-state index in [0.29, 0.717) is 0 Å². The quantitative estimate of drug-likeness (QED) is 0.789. The molecule has 0 radical (unpaired) electrons. The minimum absolute atomic E-state index is 0.148. The second-order valence-corrected chi connectivity index (χ2v) is 8.78. The van der Waals surface area contributed by atoms with Gasteiger partial charge in [-0.25, -0.2) is 0 Å². The number of nitrogens with one attached hydrogen (secondary N) is 1. The van der Waals surface area contributed by atoms with Crippen molar-refractivity contribution >= 4 is 33.3 Å². The van der Waals surface area contributed by atoms with Crippen molar-refractivity contribution in [3.05, 3.63) is 34.3 Å². The molecule has 0 aliphatic rings. The molecular weight excluding hydrogens is 342 g/mol. The van der Waals surface area contributed by atoms with Gasteiger partial charge in [0.2, 0.25) is 0 Å². The highest BCUT2D eigenvalue weighted by molar-refractivity contribution is 9.10. The molecule has 0 spiro atoms. The van der Waals surface area contributed by atoms with E-state index >= 15 is 0 Å². The van der Waals surface area contributed by atoms with E-state index in [1.165, 1.54) is 0 Å². The summed E-state index contributed by atoms with van der Waals surface area (Å²) in [5, 5.41) is 9.14. The van der Waals surface area contributed by atoms with Gasteiger partial charge in [-0.1, -0.05) is 28.1 Å². The molecule has 1 aromatic rings. The van der Waals surface area contributed by atoms with Crippen molar-refractivity contribution in [3.63, 3.8) is 0 Å². The molecule has 0 bridgehead atoms. The Balaban J connectivity index is 3.13. The van der Waals surface area contributed by atoms with E-state index in [9.17, 15) is 9.35 Å². The van der Waals surface area contributed by atoms with E-state index in [0.717, 1.165) is 10.0 Å². The molecule has 6 heteroatoms. The molecule has 0 aliphatic heterocycles. The van der Waals surface area contributed by atoms with Crippen molar-refractivity contribution in [2.24, 2.45) is 0 Å². The summed E-state index contributed by atoms with van der Waals surface area (Å²) in [6.45, 7) is 7.29. The lowest BCUT2D eigenvalue weighted by Crippen LogP contribution is -2.50. The topological polar surface area (TPSA) is 72.4 Å². The van der Waals surface area contributed by atoms with E-state index in [-0.39, 0.29) is 6.42 Å². The molecule has 2 N–H and O–H groups in total. The van der Waals surface area contributed by atoms with Crippen LogP contribution in [0.1, 0.15) is 39.7 Å². The molecule has 0 aromatic heterocycles. The van der Waals surface area contributed by atoms with Gasteiger partial charge in [-0.3, -0.25) is 4.79 Å². The van der Waals surface area contributed by atoms with Crippen LogP contribution in [0.2, 0.25) is 0 Å². The van der Waals surface area contributed by atoms with Crippen LogP contribution >= 0.6 is 15.9 Å². The van der Waals surface area contributed by atoms with E-state index in [1.54, 1.807) is 6.92 Å². The van der Waals surface area contributed by atoms with E-state index in [2.05, 4.69) is 20.7 Å². The molecule has 0 heterocycles. The van der Waals surface area contributed by atoms with Crippen LogP contribution in [0.4, 0.5) is 0 Å². The van der Waals surface area contributed by atoms with Crippen LogP contribution in [0.25, 0.3) is 0 Å². The second kappa shape index (κ2) is 6.47. The number of halogens is 1. The van der Waals surface area contributed by atoms with Gasteiger partial charge < -0.3 is 9.66 Å². The molecule has 4 nitrogen and oxygen atoms in total. The Hall–Kier alpha value is -0.560. The summed E-state index contributed by atoms with van der Waals surface area (Å²) in [6, 6.07) is 7.38. The van der Waals surface area contributed by atoms with Gasteiger partial charge in [-0.15, -0.1) is 4.72 Å². The number of hydrogen-bond acceptors (Lipinski definition) is 3. The maximum absolute atomic E-state index is 12.3. The van der Waals surface area contributed by atoms with Crippen LogP contribution in [0, 0.1) is 0 Å². The molecule has 0 fully saturated rings. The van der Waals surface area contributed by atoms with E-state index < -0.39 is 27.6 Å². The fraction of sp³-hybridized carbons (Fsp3) is 0.500. The van der Waals surface area contributed by atoms with Crippen LogP contribution in [0.3, 0.4) is 0 Å². The first-order valence-corrected chi connectivity index (χ1v) is 8.16. The number of carboxylic acid groups (broad SMARTS) is 1. The van der Waals surface area contributed by atoms with Crippen molar-refractivity contribution in [2.45, 2.75) is 44.4 Å². The van der Waals surface area contributed by atoms with Gasteiger partial charge in [0.05, 0.1) is 12.0 Å². The van der Waals surface area contributed by atoms with Crippen molar-refractivity contribution in [1.29, 1.82) is 0 Å². The minimum atomic E-state index is -1.36. The van der Waals surface area contributed by atoms with Gasteiger partial charge >= 0.3 is 5.97 Å². The van der Waals surface area contributed by atoms with Crippen LogP contribution in [0.5, 0.6) is 0 Å². The number of carbonyl (C=O) groups is 1. The van der Waals surface area contributed by atoms with Gasteiger partial charge in [0.15, 0.2) is 0 Å². The molecule has 112 valence electrons. The summed E-state index contributed by atoms with van der Waals surface area (Å²) < 4.78 is 15.7. The van der Waals surface area contributed by atoms with Crippen LogP contribution < -0.4 is 4.72 Å². The zero-order valence-corrected chi connectivity index (χ0v) is 14.5. The summed E-state index contributed by atoms with van der Waals surface area (Å²) in [4.78, 5) is 11.2. The van der Waals surface area contributed by atoms with Crippen LogP contribution in [-0.2, 0) is 21.7 Å². The third-order valence-electron chi connectivity index (χ3n) is 2.84. The van der Waals surface area contributed by atoms with Gasteiger partial charge in [0, 0.05) is 15.8 Å². The van der Waals surface area contributed by atoms with Crippen molar-refractivity contribution in [1.82, 2.24) is 4.72 Å². The Morgan fingerprint density at radius 3 is 2.45 bits per heavy atom. The van der Waals surface area contributed by atoms with Gasteiger partial charge in [0.25, 0.3) is 0 Å². The maximum Gasteiger partial charge on any atom is 0.305 e. The minimum Gasteiger partial charge on any atom is -0.598 e. The Bertz CT molecular complexity index is 490. The highest BCUT2D eigenvalue weighted by Crippen LogP contribution is 2.30. The van der Waals surface area contributed by atoms with Crippen LogP contribution in [-0.4, -0.2) is 20.4 Å². The average molecular weight is 362 g/mol. The predicted octanol–water partition coefficient (Wildman–Crippen LogP) is 3.19. The zero-order chi connectivity index (χ0) is 15.6. The molecule has 2 atom stereocenters. The first kappa shape index (κ1) is 17.5. The highest BCUT2D eigenvalue weighted by atomic mass is 79.9. The van der Waals surface area contributed by atoms with Gasteiger partial charge in [0.1, 0.15) is 4.75 Å². The number of carboxylic acids is 1. The Labute approximate surface area is 131 Å². The molecule has 1 rings (SSSR count). The molecule has 0 saturated heterocycles. The monoisotopic (exact) mass is 361 g/mol. The Morgan fingerprint density at radius 1 is 1.40 bits per heavy atom. The summed E-state index contributed by atoms with van der Waals surface area (Å²) >= 11 is 2.02. The first-order chi connectivity index (χ1) is 9.04. The summed E-state index contributed by atoms with van der Waals surface area (Å²) in [7, 11) is 0. The lowest BCUT2D eigenvalue weighted by Gasteiger charge is -2.34. The molecule has 1 unspecified atom stereocenters. The Kier molecular flexibility index (Phi) is 5.66. The summed E-state index contributed by atoms with van der Waals surface area (Å²) in [5.41, 5.74) is -0.111. The van der Waals surface area contributed by atoms with Crippen molar-refractivity contribution in [3.8, 4) is 0 Å². The fourth-order valence-electron chi connectivity index (χ4n) is 1.69. The van der Waals surface area contributed by atoms with E-state index in [1.807, 2.05) is 45.0 Å². The van der Waals surface area contributed by atoms with E-state index in [4.69, 9.17) is 5.11 Å². The molecular formula is C14H20BrNO3S. The zero-order valence-electron chi connectivity index (χ0n) is 12.1. The van der Waals surface area contributed by atoms with Gasteiger partial charge in [-0.05, 0) is 45.4 Å². The standard InChI is InChI=1S/C14H20BrNO3S/c1-13(2,3)20(19)16-14(4,9-12(17)18)10-6-5-7-11(15)8-10/h5-8,16H,9H2,1-4H3,(H,17,18)/t14-,20?/m0/s1. The number of rotatable bonds is 5. The molecule has 0 saturated carbocycles. The summed E-state index contributed by atoms with van der Waals surface area (Å²) in [6.07, 6.45) is -0.148. The first-order valence-electron chi connectivity index (χ1n) is 6.22. The lowest BCUT2D eigenvalue weighted by atomic mass is 9.90. The summed E-state index contributed by atoms with van der Waals surface area (Å²) in [5.74, 6) is -0.939. The SMILES string of the molecule is CC(C)(C)[S+]([O-])N[C@@](C)(CC(=O)O)c1cccc(Br)c1. The van der Waals surface area contributed by atoms with Crippen LogP contribution in [0.15, 0.2) is 28.7 Å². The third kappa shape index (κ3) is 4.77. The molecule has 0 amide bonds. The largest absolute Gasteiger partial charge is 0.598 e. The smallest absolute Gasteiger partial charge is 0.305 e. The van der Waals surface area contributed by atoms with Crippen molar-refractivity contribution < 1.29 is 14.5 Å². The Morgan fingerprint density at radius 2 is 2.00 bits per heavy atom. The molecule has 1 aromatic carbocycles. The molecule has 0 aliphatic carbocycles. The molecule has 20 heavy (non-hydrogen) atoms. The number of hydrogen-bond donors (Lipinski definition) is 2. The second-order valence-electron chi connectivity index (χ2n) is 5.90. The highest BCUT2D eigenvalue weighted by Gasteiger charge is 2.38. The third-order valence-corrected chi connectivity index (χ3v) is 5.08. The fourth-order valence-corrected chi connectivity index (χ4v) is 2.99. The normalized spacial score (nSPS) is 16.5.